The van der Waals surface area contributed by atoms with Crippen molar-refractivity contribution in [2.24, 2.45) is 0 Å². The second-order valence-electron chi connectivity index (χ2n) is 5.94. The van der Waals surface area contributed by atoms with Crippen LogP contribution in [0.25, 0.3) is 0 Å². The summed E-state index contributed by atoms with van der Waals surface area (Å²) in [6.07, 6.45) is 3.64. The van der Waals surface area contributed by atoms with Gasteiger partial charge in [-0.1, -0.05) is 24.3 Å². The SMILES string of the molecule is Cl.O=C(C1CSc2ccccc21)N1CCNCC1c1cccnc1. The molecular weight excluding hydrogens is 342 g/mol. The lowest BCUT2D eigenvalue weighted by atomic mass is 9.97. The summed E-state index contributed by atoms with van der Waals surface area (Å²) in [6.45, 7) is 2.39. The number of carbonyl (C=O) groups is 1. The van der Waals surface area contributed by atoms with E-state index < -0.39 is 0 Å². The van der Waals surface area contributed by atoms with Gasteiger partial charge in [-0.3, -0.25) is 9.78 Å². The van der Waals surface area contributed by atoms with Crippen LogP contribution < -0.4 is 5.32 Å². The zero-order chi connectivity index (χ0) is 15.6. The molecule has 2 aliphatic heterocycles. The molecule has 1 fully saturated rings. The van der Waals surface area contributed by atoms with Crippen LogP contribution in [0.5, 0.6) is 0 Å². The molecule has 0 saturated carbocycles. The minimum atomic E-state index is -0.0199. The predicted octanol–water partition coefficient (Wildman–Crippen LogP) is 2.87. The summed E-state index contributed by atoms with van der Waals surface area (Å²) >= 11 is 1.79. The van der Waals surface area contributed by atoms with Gasteiger partial charge in [-0.2, -0.15) is 0 Å². The van der Waals surface area contributed by atoms with Gasteiger partial charge in [-0.05, 0) is 23.3 Å². The van der Waals surface area contributed by atoms with Crippen molar-refractivity contribution in [1.82, 2.24) is 15.2 Å². The van der Waals surface area contributed by atoms with E-state index in [0.717, 1.165) is 31.0 Å². The van der Waals surface area contributed by atoms with Crippen molar-refractivity contribution >= 4 is 30.1 Å². The van der Waals surface area contributed by atoms with Crippen LogP contribution in [0, 0.1) is 0 Å². The second-order valence-corrected chi connectivity index (χ2v) is 7.00. The van der Waals surface area contributed by atoms with Gasteiger partial charge in [0.15, 0.2) is 0 Å². The van der Waals surface area contributed by atoms with Crippen LogP contribution >= 0.6 is 24.2 Å². The molecule has 1 aromatic carbocycles. The zero-order valence-electron chi connectivity index (χ0n) is 13.2. The molecule has 24 heavy (non-hydrogen) atoms. The monoisotopic (exact) mass is 361 g/mol. The number of benzene rings is 1. The standard InChI is InChI=1S/C18H19N3OS.ClH/c22-18(15-12-23-17-6-2-1-5-14(15)17)21-9-8-20-11-16(21)13-4-3-7-19-10-13;/h1-7,10,15-16,20H,8-9,11-12H2;1H. The molecule has 1 aromatic heterocycles. The summed E-state index contributed by atoms with van der Waals surface area (Å²) in [5.41, 5.74) is 2.29. The van der Waals surface area contributed by atoms with E-state index >= 15 is 0 Å². The van der Waals surface area contributed by atoms with Crippen molar-refractivity contribution in [3.05, 3.63) is 59.9 Å². The maximum atomic E-state index is 13.2. The molecule has 0 aliphatic carbocycles. The van der Waals surface area contributed by atoms with E-state index in [1.54, 1.807) is 18.0 Å². The Hall–Kier alpha value is -1.56. The third-order valence-electron chi connectivity index (χ3n) is 4.59. The Labute approximate surface area is 152 Å². The molecule has 3 heterocycles. The van der Waals surface area contributed by atoms with Crippen LogP contribution in [-0.4, -0.2) is 41.2 Å². The lowest BCUT2D eigenvalue weighted by molar-refractivity contribution is -0.135. The van der Waals surface area contributed by atoms with Crippen molar-refractivity contribution in [2.45, 2.75) is 16.9 Å². The molecule has 2 aliphatic rings. The van der Waals surface area contributed by atoms with Gasteiger partial charge in [-0.15, -0.1) is 24.2 Å². The van der Waals surface area contributed by atoms with Crippen molar-refractivity contribution in [3.63, 3.8) is 0 Å². The number of aromatic nitrogens is 1. The van der Waals surface area contributed by atoms with Crippen molar-refractivity contribution in [2.75, 3.05) is 25.4 Å². The smallest absolute Gasteiger partial charge is 0.231 e. The number of hydrogen-bond acceptors (Lipinski definition) is 4. The van der Waals surface area contributed by atoms with Gasteiger partial charge in [0.1, 0.15) is 0 Å². The fraction of sp³-hybridized carbons (Fsp3) is 0.333. The minimum absolute atomic E-state index is 0. The van der Waals surface area contributed by atoms with Crippen LogP contribution in [0.4, 0.5) is 0 Å². The number of halogens is 1. The summed E-state index contributed by atoms with van der Waals surface area (Å²) in [5.74, 6) is 1.08. The van der Waals surface area contributed by atoms with Gasteiger partial charge in [0.05, 0.1) is 12.0 Å². The zero-order valence-corrected chi connectivity index (χ0v) is 14.9. The van der Waals surface area contributed by atoms with E-state index in [1.165, 1.54) is 10.5 Å². The Morgan fingerprint density at radius 2 is 2.12 bits per heavy atom. The van der Waals surface area contributed by atoms with Crippen molar-refractivity contribution in [1.29, 1.82) is 0 Å². The molecule has 2 atom stereocenters. The molecule has 0 radical (unpaired) electrons. The first kappa shape index (κ1) is 17.3. The number of nitrogens with one attached hydrogen (secondary N) is 1. The molecule has 1 saturated heterocycles. The summed E-state index contributed by atoms with van der Waals surface area (Å²) < 4.78 is 0. The van der Waals surface area contributed by atoms with Crippen LogP contribution in [-0.2, 0) is 4.79 Å². The van der Waals surface area contributed by atoms with Gasteiger partial charge in [0, 0.05) is 42.7 Å². The van der Waals surface area contributed by atoms with E-state index in [4.69, 9.17) is 0 Å². The number of amides is 1. The number of hydrogen-bond donors (Lipinski definition) is 1. The molecular formula is C18H20ClN3OS. The second kappa shape index (κ2) is 7.55. The van der Waals surface area contributed by atoms with E-state index in [0.29, 0.717) is 0 Å². The fourth-order valence-electron chi connectivity index (χ4n) is 3.41. The fourth-order valence-corrected chi connectivity index (χ4v) is 4.63. The molecule has 126 valence electrons. The van der Waals surface area contributed by atoms with E-state index in [2.05, 4.69) is 28.5 Å². The number of pyridine rings is 1. The molecule has 6 heteroatoms. The van der Waals surface area contributed by atoms with Gasteiger partial charge < -0.3 is 10.2 Å². The Morgan fingerprint density at radius 3 is 2.96 bits per heavy atom. The number of carbonyl (C=O) groups excluding carboxylic acids is 1. The molecule has 4 rings (SSSR count). The number of piperazine rings is 1. The largest absolute Gasteiger partial charge is 0.332 e. The Kier molecular flexibility index (Phi) is 5.43. The Bertz CT molecular complexity index is 712. The number of rotatable bonds is 2. The summed E-state index contributed by atoms with van der Waals surface area (Å²) in [6, 6.07) is 12.4. The summed E-state index contributed by atoms with van der Waals surface area (Å²) in [5, 5.41) is 3.40. The Morgan fingerprint density at radius 1 is 1.25 bits per heavy atom. The predicted molar refractivity (Wildman–Crippen MR) is 98.7 cm³/mol. The van der Waals surface area contributed by atoms with E-state index in [1.807, 2.05) is 29.3 Å². The molecule has 4 nitrogen and oxygen atoms in total. The molecule has 2 unspecified atom stereocenters. The van der Waals surface area contributed by atoms with Crippen LogP contribution in [0.15, 0.2) is 53.7 Å². The lowest BCUT2D eigenvalue weighted by Gasteiger charge is -2.38. The highest BCUT2D eigenvalue weighted by Crippen LogP contribution is 2.41. The van der Waals surface area contributed by atoms with Crippen molar-refractivity contribution < 1.29 is 4.79 Å². The number of thioether (sulfide) groups is 1. The van der Waals surface area contributed by atoms with Crippen LogP contribution in [0.2, 0.25) is 0 Å². The quantitative estimate of drug-likeness (QED) is 0.893. The Balaban J connectivity index is 0.00000169. The van der Waals surface area contributed by atoms with Gasteiger partial charge in [0.2, 0.25) is 5.91 Å². The van der Waals surface area contributed by atoms with Crippen LogP contribution in [0.3, 0.4) is 0 Å². The maximum Gasteiger partial charge on any atom is 0.231 e. The maximum absolute atomic E-state index is 13.2. The van der Waals surface area contributed by atoms with E-state index in [-0.39, 0.29) is 30.3 Å². The number of nitrogens with zero attached hydrogens (tertiary/aromatic N) is 2. The molecule has 1 amide bonds. The molecule has 2 aromatic rings. The third kappa shape index (κ3) is 3.16. The highest BCUT2D eigenvalue weighted by Gasteiger charge is 2.36. The van der Waals surface area contributed by atoms with Crippen molar-refractivity contribution in [3.8, 4) is 0 Å². The first-order valence-corrected chi connectivity index (χ1v) is 8.96. The first-order valence-electron chi connectivity index (χ1n) is 7.97. The summed E-state index contributed by atoms with van der Waals surface area (Å²) in [7, 11) is 0. The highest BCUT2D eigenvalue weighted by atomic mass is 35.5. The first-order chi connectivity index (χ1) is 11.3. The average Bonchev–Trinajstić information content (AvgIpc) is 3.06. The molecule has 1 N–H and O–H groups in total. The topological polar surface area (TPSA) is 45.2 Å². The summed E-state index contributed by atoms with van der Waals surface area (Å²) in [4.78, 5) is 20.7. The van der Waals surface area contributed by atoms with Gasteiger partial charge in [0.25, 0.3) is 0 Å². The van der Waals surface area contributed by atoms with E-state index in [9.17, 15) is 4.79 Å². The molecule has 0 spiro atoms. The average molecular weight is 362 g/mol. The number of fused-ring (bicyclic) bond motifs is 1. The van der Waals surface area contributed by atoms with Gasteiger partial charge >= 0.3 is 0 Å². The van der Waals surface area contributed by atoms with Gasteiger partial charge in [-0.25, -0.2) is 0 Å². The normalized spacial score (nSPS) is 22.6. The molecule has 0 bridgehead atoms. The van der Waals surface area contributed by atoms with Crippen LogP contribution in [0.1, 0.15) is 23.1 Å². The highest BCUT2D eigenvalue weighted by molar-refractivity contribution is 7.99. The third-order valence-corrected chi connectivity index (χ3v) is 5.78. The lowest BCUT2D eigenvalue weighted by Crippen LogP contribution is -2.50. The minimum Gasteiger partial charge on any atom is -0.332 e.